The maximum Gasteiger partial charge on any atom is 0.227 e. The second-order valence-electron chi connectivity index (χ2n) is 5.01. The predicted molar refractivity (Wildman–Crippen MR) is 82.0 cm³/mol. The average molecular weight is 303 g/mol. The van der Waals surface area contributed by atoms with Crippen molar-refractivity contribution in [3.8, 4) is 0 Å². The number of benzene rings is 1. The lowest BCUT2D eigenvalue weighted by Crippen LogP contribution is -2.29. The first-order valence-corrected chi connectivity index (χ1v) is 6.76. The van der Waals surface area contributed by atoms with Crippen LogP contribution >= 0.6 is 24.0 Å². The van der Waals surface area contributed by atoms with E-state index in [1.807, 2.05) is 25.1 Å². The van der Waals surface area contributed by atoms with Gasteiger partial charge in [0.2, 0.25) is 5.91 Å². The quantitative estimate of drug-likeness (QED) is 0.899. The van der Waals surface area contributed by atoms with Gasteiger partial charge in [0.05, 0.1) is 10.7 Å². The van der Waals surface area contributed by atoms with E-state index < -0.39 is 0 Å². The number of nitrogens with one attached hydrogen (secondary N) is 1. The number of rotatable bonds is 3. The van der Waals surface area contributed by atoms with E-state index in [0.29, 0.717) is 23.2 Å². The largest absolute Gasteiger partial charge is 0.330 e. The zero-order chi connectivity index (χ0) is 13.1. The molecule has 0 heterocycles. The number of nitrogens with two attached hydrogens (primary N) is 1. The molecule has 106 valence electrons. The van der Waals surface area contributed by atoms with Gasteiger partial charge in [-0.1, -0.05) is 24.1 Å². The van der Waals surface area contributed by atoms with Gasteiger partial charge in [-0.3, -0.25) is 4.79 Å². The normalized spacial score (nSPS) is 21.8. The summed E-state index contributed by atoms with van der Waals surface area (Å²) in [4.78, 5) is 12.2. The summed E-state index contributed by atoms with van der Waals surface area (Å²) in [7, 11) is 0. The Kier molecular flexibility index (Phi) is 6.11. The van der Waals surface area contributed by atoms with Crippen LogP contribution in [0, 0.1) is 18.8 Å². The maximum absolute atomic E-state index is 12.2. The van der Waals surface area contributed by atoms with Crippen LogP contribution in [0.3, 0.4) is 0 Å². The Morgan fingerprint density at radius 2 is 2.21 bits per heavy atom. The Hall–Kier alpha value is -0.770. The number of amides is 1. The molecule has 1 aliphatic rings. The number of hydrogen-bond donors (Lipinski definition) is 2. The summed E-state index contributed by atoms with van der Waals surface area (Å²) in [5.74, 6) is 0.399. The Balaban J connectivity index is 0.00000180. The van der Waals surface area contributed by atoms with Crippen LogP contribution < -0.4 is 11.1 Å². The second kappa shape index (κ2) is 7.13. The minimum absolute atomic E-state index is 0. The fourth-order valence-electron chi connectivity index (χ4n) is 2.62. The smallest absolute Gasteiger partial charge is 0.227 e. The van der Waals surface area contributed by atoms with E-state index in [9.17, 15) is 4.79 Å². The fourth-order valence-corrected chi connectivity index (χ4v) is 2.79. The molecule has 0 aromatic heterocycles. The first-order chi connectivity index (χ1) is 8.61. The van der Waals surface area contributed by atoms with Gasteiger partial charge in [-0.25, -0.2) is 0 Å². The van der Waals surface area contributed by atoms with Gasteiger partial charge in [0, 0.05) is 5.92 Å². The van der Waals surface area contributed by atoms with Crippen molar-refractivity contribution in [2.45, 2.75) is 26.2 Å². The Labute approximate surface area is 125 Å². The van der Waals surface area contributed by atoms with Crippen molar-refractivity contribution < 1.29 is 4.79 Å². The van der Waals surface area contributed by atoms with Crippen LogP contribution in [0.25, 0.3) is 0 Å². The van der Waals surface area contributed by atoms with Crippen molar-refractivity contribution in [1.82, 2.24) is 0 Å². The molecule has 0 bridgehead atoms. The first-order valence-electron chi connectivity index (χ1n) is 6.39. The van der Waals surface area contributed by atoms with Crippen molar-refractivity contribution in [2.24, 2.45) is 17.6 Å². The number of aryl methyl sites for hydroxylation is 1. The van der Waals surface area contributed by atoms with Crippen LogP contribution in [0.1, 0.15) is 24.8 Å². The minimum Gasteiger partial charge on any atom is -0.330 e. The van der Waals surface area contributed by atoms with E-state index in [1.54, 1.807) is 0 Å². The lowest BCUT2D eigenvalue weighted by molar-refractivity contribution is -0.120. The molecule has 3 nitrogen and oxygen atoms in total. The third kappa shape index (κ3) is 3.85. The molecule has 1 amide bonds. The molecule has 1 aliphatic carbocycles. The lowest BCUT2D eigenvalue weighted by Gasteiger charge is -2.18. The van der Waals surface area contributed by atoms with Gasteiger partial charge in [-0.2, -0.15) is 0 Å². The standard InChI is InChI=1S/C14H19ClN2O.ClH/c1-9-5-6-12(15)13(7-9)17-14(18)11-4-2-3-10(11)8-16;/h5-7,10-11H,2-4,8,16H2,1H3,(H,17,18);1H/t10-,11-;/m1./s1. The highest BCUT2D eigenvalue weighted by atomic mass is 35.5. The summed E-state index contributed by atoms with van der Waals surface area (Å²) in [6.45, 7) is 2.56. The second-order valence-corrected chi connectivity index (χ2v) is 5.41. The zero-order valence-corrected chi connectivity index (χ0v) is 12.6. The summed E-state index contributed by atoms with van der Waals surface area (Å²) in [6.07, 6.45) is 3.06. The lowest BCUT2D eigenvalue weighted by atomic mass is 9.95. The molecule has 3 N–H and O–H groups in total. The highest BCUT2D eigenvalue weighted by Crippen LogP contribution is 2.32. The molecule has 0 radical (unpaired) electrons. The molecule has 1 fully saturated rings. The van der Waals surface area contributed by atoms with Crippen molar-refractivity contribution in [3.05, 3.63) is 28.8 Å². The van der Waals surface area contributed by atoms with Crippen molar-refractivity contribution >= 4 is 35.6 Å². The van der Waals surface area contributed by atoms with Gasteiger partial charge in [0.15, 0.2) is 0 Å². The van der Waals surface area contributed by atoms with Gasteiger partial charge in [0.1, 0.15) is 0 Å². The summed E-state index contributed by atoms with van der Waals surface area (Å²) in [5.41, 5.74) is 7.48. The number of carbonyl (C=O) groups excluding carboxylic acids is 1. The van der Waals surface area contributed by atoms with Crippen LogP contribution in [0.5, 0.6) is 0 Å². The maximum atomic E-state index is 12.2. The van der Waals surface area contributed by atoms with E-state index in [-0.39, 0.29) is 24.2 Å². The zero-order valence-electron chi connectivity index (χ0n) is 11.0. The van der Waals surface area contributed by atoms with E-state index in [1.165, 1.54) is 0 Å². The van der Waals surface area contributed by atoms with E-state index >= 15 is 0 Å². The topological polar surface area (TPSA) is 55.1 Å². The van der Waals surface area contributed by atoms with Gasteiger partial charge in [-0.15, -0.1) is 12.4 Å². The summed E-state index contributed by atoms with van der Waals surface area (Å²) in [6, 6.07) is 5.63. The number of halogens is 2. The average Bonchev–Trinajstić information content (AvgIpc) is 2.82. The Morgan fingerprint density at radius 3 is 2.89 bits per heavy atom. The third-order valence-corrected chi connectivity index (χ3v) is 4.01. The molecular formula is C14H20Cl2N2O. The highest BCUT2D eigenvalue weighted by molar-refractivity contribution is 6.33. The monoisotopic (exact) mass is 302 g/mol. The van der Waals surface area contributed by atoms with Crippen LogP contribution in [0.4, 0.5) is 5.69 Å². The highest BCUT2D eigenvalue weighted by Gasteiger charge is 2.32. The Bertz CT molecular complexity index is 451. The summed E-state index contributed by atoms with van der Waals surface area (Å²) in [5, 5.41) is 3.51. The van der Waals surface area contributed by atoms with Gasteiger partial charge in [-0.05, 0) is 49.9 Å². The predicted octanol–water partition coefficient (Wildman–Crippen LogP) is 3.38. The van der Waals surface area contributed by atoms with Gasteiger partial charge < -0.3 is 11.1 Å². The minimum atomic E-state index is 0. The molecule has 0 unspecified atom stereocenters. The van der Waals surface area contributed by atoms with Crippen LogP contribution in [-0.2, 0) is 4.79 Å². The van der Waals surface area contributed by atoms with Crippen molar-refractivity contribution in [3.63, 3.8) is 0 Å². The fraction of sp³-hybridized carbons (Fsp3) is 0.500. The molecule has 1 aromatic rings. The van der Waals surface area contributed by atoms with Gasteiger partial charge in [0.25, 0.3) is 0 Å². The molecule has 5 heteroatoms. The summed E-state index contributed by atoms with van der Waals surface area (Å²) < 4.78 is 0. The first kappa shape index (κ1) is 16.3. The number of carbonyl (C=O) groups is 1. The number of hydrogen-bond acceptors (Lipinski definition) is 2. The van der Waals surface area contributed by atoms with E-state index in [2.05, 4.69) is 5.32 Å². The molecule has 1 aromatic carbocycles. The van der Waals surface area contributed by atoms with Crippen LogP contribution in [0.15, 0.2) is 18.2 Å². The number of anilines is 1. The summed E-state index contributed by atoms with van der Waals surface area (Å²) >= 11 is 6.08. The van der Waals surface area contributed by atoms with E-state index in [4.69, 9.17) is 17.3 Å². The van der Waals surface area contributed by atoms with Crippen LogP contribution in [0.2, 0.25) is 5.02 Å². The molecule has 1 saturated carbocycles. The molecule has 0 aliphatic heterocycles. The van der Waals surface area contributed by atoms with Crippen molar-refractivity contribution in [1.29, 1.82) is 0 Å². The van der Waals surface area contributed by atoms with Crippen molar-refractivity contribution in [2.75, 3.05) is 11.9 Å². The molecule has 19 heavy (non-hydrogen) atoms. The molecular weight excluding hydrogens is 283 g/mol. The Morgan fingerprint density at radius 1 is 1.47 bits per heavy atom. The molecule has 0 saturated heterocycles. The van der Waals surface area contributed by atoms with Gasteiger partial charge >= 0.3 is 0 Å². The molecule has 2 atom stereocenters. The van der Waals surface area contributed by atoms with E-state index in [0.717, 1.165) is 24.8 Å². The third-order valence-electron chi connectivity index (χ3n) is 3.68. The van der Waals surface area contributed by atoms with Crippen LogP contribution in [-0.4, -0.2) is 12.5 Å². The SMILES string of the molecule is Cc1ccc(Cl)c(NC(=O)[C@@H]2CCC[C@@H]2CN)c1.Cl. The molecule has 2 rings (SSSR count). The molecule has 0 spiro atoms.